The fourth-order valence-corrected chi connectivity index (χ4v) is 1.50. The number of nitrogens with zero attached hydrogens (tertiary/aromatic N) is 1. The van der Waals surface area contributed by atoms with E-state index in [9.17, 15) is 9.59 Å². The molecule has 0 N–H and O–H groups in total. The monoisotopic (exact) mass is 249 g/mol. The van der Waals surface area contributed by atoms with Crippen LogP contribution in [-0.4, -0.2) is 29.4 Å². The van der Waals surface area contributed by atoms with E-state index >= 15 is 0 Å². The number of rotatable bonds is 5. The summed E-state index contributed by atoms with van der Waals surface area (Å²) in [7, 11) is 0. The van der Waals surface area contributed by atoms with E-state index in [0.717, 1.165) is 5.56 Å². The summed E-state index contributed by atoms with van der Waals surface area (Å²) in [6.07, 6.45) is -0.455. The van der Waals surface area contributed by atoms with Crippen LogP contribution in [0.25, 0.3) is 0 Å². The molecule has 0 aliphatic heterocycles. The number of hydrogen-bond donors (Lipinski definition) is 0. The number of amides is 1. The molecule has 1 amide bonds. The fourth-order valence-electron chi connectivity index (χ4n) is 1.50. The standard InChI is InChI=1S/C14H19NO3/c1-11(2)15(9-12(3)16)14(17)18-10-13-7-5-4-6-8-13/h4-8,11H,9-10H2,1-3H3. The van der Waals surface area contributed by atoms with Gasteiger partial charge in [-0.05, 0) is 26.3 Å². The minimum atomic E-state index is -0.455. The van der Waals surface area contributed by atoms with Crippen molar-refractivity contribution in [2.75, 3.05) is 6.54 Å². The van der Waals surface area contributed by atoms with Crippen molar-refractivity contribution in [3.63, 3.8) is 0 Å². The highest BCUT2D eigenvalue weighted by Crippen LogP contribution is 2.06. The van der Waals surface area contributed by atoms with Gasteiger partial charge in [-0.3, -0.25) is 9.69 Å². The van der Waals surface area contributed by atoms with Crippen LogP contribution >= 0.6 is 0 Å². The molecule has 0 fully saturated rings. The van der Waals surface area contributed by atoms with Crippen molar-refractivity contribution in [1.82, 2.24) is 4.90 Å². The number of carbonyl (C=O) groups is 2. The lowest BCUT2D eigenvalue weighted by atomic mass is 10.2. The number of carbonyl (C=O) groups excluding carboxylic acids is 2. The molecule has 0 unspecified atom stereocenters. The largest absolute Gasteiger partial charge is 0.445 e. The number of ether oxygens (including phenoxy) is 1. The molecule has 4 nitrogen and oxygen atoms in total. The highest BCUT2D eigenvalue weighted by Gasteiger charge is 2.19. The molecule has 0 aromatic heterocycles. The molecule has 0 heterocycles. The summed E-state index contributed by atoms with van der Waals surface area (Å²) in [5.41, 5.74) is 0.928. The molecule has 0 aliphatic rings. The fraction of sp³-hybridized carbons (Fsp3) is 0.429. The molecule has 1 aromatic rings. The SMILES string of the molecule is CC(=O)CN(C(=O)OCc1ccccc1)C(C)C. The third-order valence-corrected chi connectivity index (χ3v) is 2.46. The van der Waals surface area contributed by atoms with Crippen LogP contribution in [0.1, 0.15) is 26.3 Å². The third-order valence-electron chi connectivity index (χ3n) is 2.46. The maximum atomic E-state index is 11.8. The normalized spacial score (nSPS) is 10.2. The van der Waals surface area contributed by atoms with Gasteiger partial charge in [0.25, 0.3) is 0 Å². The minimum absolute atomic E-state index is 0.0552. The van der Waals surface area contributed by atoms with Crippen molar-refractivity contribution in [3.8, 4) is 0 Å². The molecule has 0 bridgehead atoms. The minimum Gasteiger partial charge on any atom is -0.445 e. The Balaban J connectivity index is 2.54. The summed E-state index contributed by atoms with van der Waals surface area (Å²) in [6, 6.07) is 9.40. The van der Waals surface area contributed by atoms with Crippen LogP contribution in [0, 0.1) is 0 Å². The Labute approximate surface area is 108 Å². The molecule has 18 heavy (non-hydrogen) atoms. The molecule has 0 radical (unpaired) electrons. The summed E-state index contributed by atoms with van der Waals surface area (Å²) in [5.74, 6) is -0.0552. The van der Waals surface area contributed by atoms with Gasteiger partial charge in [-0.1, -0.05) is 30.3 Å². The number of ketones is 1. The maximum Gasteiger partial charge on any atom is 0.410 e. The molecule has 0 aliphatic carbocycles. The van der Waals surface area contributed by atoms with Gasteiger partial charge in [0.05, 0.1) is 6.54 Å². The summed E-state index contributed by atoms with van der Waals surface area (Å²) in [4.78, 5) is 24.4. The van der Waals surface area contributed by atoms with Gasteiger partial charge in [0.1, 0.15) is 12.4 Å². The van der Waals surface area contributed by atoms with E-state index in [-0.39, 0.29) is 25.0 Å². The van der Waals surface area contributed by atoms with Gasteiger partial charge >= 0.3 is 6.09 Å². The number of Topliss-reactive ketones (excluding diaryl/α,β-unsaturated/α-hetero) is 1. The van der Waals surface area contributed by atoms with Crippen LogP contribution in [-0.2, 0) is 16.1 Å². The molecule has 1 rings (SSSR count). The quantitative estimate of drug-likeness (QED) is 0.806. The van der Waals surface area contributed by atoms with Gasteiger partial charge in [-0.15, -0.1) is 0 Å². The first kappa shape index (κ1) is 14.2. The number of benzene rings is 1. The van der Waals surface area contributed by atoms with Crippen molar-refractivity contribution < 1.29 is 14.3 Å². The summed E-state index contributed by atoms with van der Waals surface area (Å²) in [5, 5.41) is 0. The van der Waals surface area contributed by atoms with Crippen molar-refractivity contribution >= 4 is 11.9 Å². The molecular formula is C14H19NO3. The predicted octanol–water partition coefficient (Wildman–Crippen LogP) is 2.62. The smallest absolute Gasteiger partial charge is 0.410 e. The van der Waals surface area contributed by atoms with E-state index in [4.69, 9.17) is 4.74 Å². The maximum absolute atomic E-state index is 11.8. The zero-order valence-electron chi connectivity index (χ0n) is 11.1. The van der Waals surface area contributed by atoms with Gasteiger partial charge < -0.3 is 4.74 Å². The van der Waals surface area contributed by atoms with Crippen molar-refractivity contribution in [2.24, 2.45) is 0 Å². The highest BCUT2D eigenvalue weighted by molar-refractivity contribution is 5.82. The molecule has 0 spiro atoms. The second kappa shape index (κ2) is 6.79. The Morgan fingerprint density at radius 3 is 2.33 bits per heavy atom. The Morgan fingerprint density at radius 2 is 1.83 bits per heavy atom. The van der Waals surface area contributed by atoms with E-state index in [1.807, 2.05) is 44.2 Å². The molecule has 0 saturated carbocycles. The Kier molecular flexibility index (Phi) is 5.36. The van der Waals surface area contributed by atoms with Gasteiger partial charge in [-0.2, -0.15) is 0 Å². The van der Waals surface area contributed by atoms with Crippen molar-refractivity contribution in [2.45, 2.75) is 33.4 Å². The molecule has 0 saturated heterocycles. The van der Waals surface area contributed by atoms with Crippen LogP contribution in [0.2, 0.25) is 0 Å². The Hall–Kier alpha value is -1.84. The summed E-state index contributed by atoms with van der Waals surface area (Å²) < 4.78 is 5.19. The van der Waals surface area contributed by atoms with Gasteiger partial charge in [-0.25, -0.2) is 4.79 Å². The van der Waals surface area contributed by atoms with Crippen molar-refractivity contribution in [1.29, 1.82) is 0 Å². The van der Waals surface area contributed by atoms with Crippen LogP contribution in [0.15, 0.2) is 30.3 Å². The summed E-state index contributed by atoms with van der Waals surface area (Å²) in [6.45, 7) is 5.48. The lowest BCUT2D eigenvalue weighted by molar-refractivity contribution is -0.118. The average molecular weight is 249 g/mol. The zero-order chi connectivity index (χ0) is 13.5. The number of hydrogen-bond acceptors (Lipinski definition) is 3. The average Bonchev–Trinajstić information content (AvgIpc) is 2.34. The summed E-state index contributed by atoms with van der Waals surface area (Å²) >= 11 is 0. The Bertz CT molecular complexity index is 401. The van der Waals surface area contributed by atoms with E-state index in [0.29, 0.717) is 0 Å². The lowest BCUT2D eigenvalue weighted by Gasteiger charge is -2.24. The van der Waals surface area contributed by atoms with Crippen LogP contribution in [0.3, 0.4) is 0 Å². The third kappa shape index (κ3) is 4.57. The Morgan fingerprint density at radius 1 is 1.22 bits per heavy atom. The molecule has 0 atom stereocenters. The first-order chi connectivity index (χ1) is 8.50. The second-order valence-corrected chi connectivity index (χ2v) is 4.46. The highest BCUT2D eigenvalue weighted by atomic mass is 16.6. The first-order valence-electron chi connectivity index (χ1n) is 5.97. The van der Waals surface area contributed by atoms with Crippen LogP contribution in [0.5, 0.6) is 0 Å². The van der Waals surface area contributed by atoms with E-state index in [1.54, 1.807) is 0 Å². The van der Waals surface area contributed by atoms with Gasteiger partial charge in [0.2, 0.25) is 0 Å². The first-order valence-corrected chi connectivity index (χ1v) is 5.97. The molecule has 1 aromatic carbocycles. The van der Waals surface area contributed by atoms with Crippen LogP contribution < -0.4 is 0 Å². The van der Waals surface area contributed by atoms with Gasteiger partial charge in [0.15, 0.2) is 0 Å². The van der Waals surface area contributed by atoms with E-state index < -0.39 is 6.09 Å². The predicted molar refractivity (Wildman–Crippen MR) is 69.2 cm³/mol. The molecular weight excluding hydrogens is 230 g/mol. The van der Waals surface area contributed by atoms with E-state index in [1.165, 1.54) is 11.8 Å². The van der Waals surface area contributed by atoms with Gasteiger partial charge in [0, 0.05) is 6.04 Å². The molecule has 98 valence electrons. The zero-order valence-corrected chi connectivity index (χ0v) is 11.1. The molecule has 4 heteroatoms. The lowest BCUT2D eigenvalue weighted by Crippen LogP contribution is -2.40. The van der Waals surface area contributed by atoms with Crippen molar-refractivity contribution in [3.05, 3.63) is 35.9 Å². The van der Waals surface area contributed by atoms with Crippen LogP contribution in [0.4, 0.5) is 4.79 Å². The topological polar surface area (TPSA) is 46.6 Å². The van der Waals surface area contributed by atoms with E-state index in [2.05, 4.69) is 0 Å². The second-order valence-electron chi connectivity index (χ2n) is 4.46.